The summed E-state index contributed by atoms with van der Waals surface area (Å²) in [4.78, 5) is 53.9. The Morgan fingerprint density at radius 3 is 1.33 bits per heavy atom. The lowest BCUT2D eigenvalue weighted by atomic mass is 9.86. The van der Waals surface area contributed by atoms with Crippen molar-refractivity contribution in [2.75, 3.05) is 13.2 Å². The van der Waals surface area contributed by atoms with Crippen LogP contribution < -0.4 is 28.4 Å². The van der Waals surface area contributed by atoms with Gasteiger partial charge in [0.05, 0.1) is 35.5 Å². The lowest BCUT2D eigenvalue weighted by molar-refractivity contribution is 0.0719. The summed E-state index contributed by atoms with van der Waals surface area (Å²) in [5.74, 6) is 0.0958. The molecule has 1 aliphatic rings. The molecule has 10 heteroatoms. The Kier molecular flexibility index (Phi) is 16.5. The zero-order chi connectivity index (χ0) is 48.7. The summed E-state index contributed by atoms with van der Waals surface area (Å²) in [6.07, 6.45) is 14.2. The second kappa shape index (κ2) is 23.8. The van der Waals surface area contributed by atoms with Crippen LogP contribution in [0.25, 0.3) is 21.9 Å². The average molecular weight is 937 g/mol. The first kappa shape index (κ1) is 48.5. The first-order valence-corrected chi connectivity index (χ1v) is 24.1. The number of fused-ring (bicyclic) bond motifs is 2. The second-order valence-corrected chi connectivity index (χ2v) is 17.1. The average Bonchev–Trinajstić information content (AvgIpc) is 3.39. The number of rotatable bonds is 21. The van der Waals surface area contributed by atoms with Crippen molar-refractivity contribution in [1.82, 2.24) is 0 Å². The molecule has 0 saturated heterocycles. The molecule has 0 aliphatic heterocycles. The van der Waals surface area contributed by atoms with Crippen LogP contribution in [0.4, 0.5) is 0 Å². The van der Waals surface area contributed by atoms with Crippen LogP contribution in [0.15, 0.2) is 158 Å². The van der Waals surface area contributed by atoms with Gasteiger partial charge in [-0.25, -0.2) is 19.2 Å². The summed E-state index contributed by atoms with van der Waals surface area (Å²) in [7, 11) is 0. The van der Waals surface area contributed by atoms with Crippen molar-refractivity contribution in [3.8, 4) is 45.6 Å². The van der Waals surface area contributed by atoms with Gasteiger partial charge in [0, 0.05) is 11.1 Å². The van der Waals surface area contributed by atoms with E-state index in [1.807, 2.05) is 36.4 Å². The number of hydrogen-bond donors (Lipinski definition) is 0. The highest BCUT2D eigenvalue weighted by atomic mass is 16.5. The van der Waals surface area contributed by atoms with Crippen LogP contribution in [-0.2, 0) is 12.8 Å². The first-order chi connectivity index (χ1) is 34.3. The van der Waals surface area contributed by atoms with Crippen LogP contribution in [-0.4, -0.2) is 37.1 Å². The van der Waals surface area contributed by atoms with Crippen molar-refractivity contribution in [1.29, 1.82) is 0 Å². The molecule has 7 aromatic rings. The van der Waals surface area contributed by atoms with Gasteiger partial charge < -0.3 is 28.4 Å². The van der Waals surface area contributed by atoms with Crippen LogP contribution in [0, 0.1) is 0 Å². The van der Waals surface area contributed by atoms with E-state index < -0.39 is 23.9 Å². The lowest BCUT2D eigenvalue weighted by Gasteiger charge is -2.22. The SMILES string of the molecule is CCCCCCOc1ccc(C(=O)Oc2ccc(C(=O)Oc3ccc4c(c3-c3c(OC(=O)c5ccc(OC(=O)c6ccc(OCCCCCC)cc6)cc5)ccc5ccccc35)CC=CC4)cc2)cc1. The minimum absolute atomic E-state index is 0.231. The third-order valence-electron chi connectivity index (χ3n) is 12.1. The molecule has 0 amide bonds. The van der Waals surface area contributed by atoms with E-state index in [2.05, 4.69) is 26.0 Å². The molecule has 70 heavy (non-hydrogen) atoms. The van der Waals surface area contributed by atoms with Gasteiger partial charge >= 0.3 is 23.9 Å². The van der Waals surface area contributed by atoms with E-state index in [1.54, 1.807) is 109 Å². The summed E-state index contributed by atoms with van der Waals surface area (Å²) < 4.78 is 35.3. The molecule has 0 saturated carbocycles. The van der Waals surface area contributed by atoms with Gasteiger partial charge in [0.15, 0.2) is 0 Å². The standard InChI is InChI=1S/C60H56O10/c1-3-5-7-13-39-65-47-29-19-43(20-30-47)57(61)67-49-33-23-45(24-34-49)59(63)69-53-37-27-41-15-9-11-17-51(41)55(53)56-52-18-12-10-16-42(52)28-38-54(56)70-60(64)46-25-35-50(36-26-46)68-58(62)44-21-31-48(32-22-44)66-40-14-8-6-4-2/h9-12,15,17,19-38H,3-8,13-14,16,18,39-40H2,1-2H3. The molecule has 0 atom stereocenters. The second-order valence-electron chi connectivity index (χ2n) is 17.1. The van der Waals surface area contributed by atoms with E-state index in [0.29, 0.717) is 59.8 Å². The molecule has 356 valence electrons. The normalized spacial score (nSPS) is 11.6. The van der Waals surface area contributed by atoms with Crippen LogP contribution in [0.3, 0.4) is 0 Å². The van der Waals surface area contributed by atoms with Crippen molar-refractivity contribution in [2.24, 2.45) is 0 Å². The largest absolute Gasteiger partial charge is 0.494 e. The third kappa shape index (κ3) is 12.4. The van der Waals surface area contributed by atoms with E-state index in [9.17, 15) is 19.2 Å². The van der Waals surface area contributed by atoms with Gasteiger partial charge in [-0.05, 0) is 157 Å². The number of carbonyl (C=O) groups excluding carboxylic acids is 4. The topological polar surface area (TPSA) is 124 Å². The minimum Gasteiger partial charge on any atom is -0.494 e. The van der Waals surface area contributed by atoms with E-state index in [-0.39, 0.29) is 34.1 Å². The lowest BCUT2D eigenvalue weighted by Crippen LogP contribution is -2.13. The maximum absolute atomic E-state index is 14.0. The van der Waals surface area contributed by atoms with Gasteiger partial charge in [0.2, 0.25) is 0 Å². The smallest absolute Gasteiger partial charge is 0.343 e. The number of hydrogen-bond acceptors (Lipinski definition) is 10. The number of esters is 4. The van der Waals surface area contributed by atoms with Crippen LogP contribution in [0.5, 0.6) is 34.5 Å². The Bertz CT molecular complexity index is 2950. The summed E-state index contributed by atoms with van der Waals surface area (Å²) in [5, 5.41) is 1.68. The number of allylic oxidation sites excluding steroid dienone is 2. The van der Waals surface area contributed by atoms with Crippen LogP contribution in [0.1, 0.15) is 118 Å². The molecule has 0 heterocycles. The quantitative estimate of drug-likeness (QED) is 0.0298. The monoisotopic (exact) mass is 936 g/mol. The molecule has 8 rings (SSSR count). The molecule has 0 N–H and O–H groups in total. The van der Waals surface area contributed by atoms with Gasteiger partial charge in [-0.2, -0.15) is 0 Å². The molecule has 0 spiro atoms. The zero-order valence-corrected chi connectivity index (χ0v) is 39.6. The summed E-state index contributed by atoms with van der Waals surface area (Å²) in [6.45, 7) is 5.57. The minimum atomic E-state index is -0.636. The number of ether oxygens (including phenoxy) is 6. The van der Waals surface area contributed by atoms with Crippen molar-refractivity contribution >= 4 is 34.6 Å². The highest BCUT2D eigenvalue weighted by Gasteiger charge is 2.26. The van der Waals surface area contributed by atoms with Gasteiger partial charge in [-0.3, -0.25) is 0 Å². The maximum atomic E-state index is 14.0. The predicted molar refractivity (Wildman–Crippen MR) is 271 cm³/mol. The van der Waals surface area contributed by atoms with Crippen molar-refractivity contribution in [2.45, 2.75) is 78.1 Å². The van der Waals surface area contributed by atoms with E-state index in [0.717, 1.165) is 60.4 Å². The molecule has 0 radical (unpaired) electrons. The Morgan fingerprint density at radius 1 is 0.400 bits per heavy atom. The van der Waals surface area contributed by atoms with E-state index >= 15 is 0 Å². The molecule has 1 aliphatic carbocycles. The van der Waals surface area contributed by atoms with Gasteiger partial charge in [0.25, 0.3) is 0 Å². The highest BCUT2D eigenvalue weighted by Crippen LogP contribution is 2.46. The fraction of sp³-hybridized carbons (Fsp3) is 0.233. The number of carbonyl (C=O) groups is 4. The van der Waals surface area contributed by atoms with E-state index in [4.69, 9.17) is 28.4 Å². The molecule has 0 fully saturated rings. The predicted octanol–water partition coefficient (Wildman–Crippen LogP) is 14.0. The zero-order valence-electron chi connectivity index (χ0n) is 39.6. The Labute approximate surface area is 408 Å². The van der Waals surface area contributed by atoms with Crippen molar-refractivity contribution in [3.63, 3.8) is 0 Å². The van der Waals surface area contributed by atoms with Gasteiger partial charge in [-0.15, -0.1) is 0 Å². The van der Waals surface area contributed by atoms with Crippen LogP contribution >= 0.6 is 0 Å². The molecule has 0 aromatic heterocycles. The molecular formula is C60H56O10. The Balaban J connectivity index is 0.972. The van der Waals surface area contributed by atoms with Gasteiger partial charge in [0.1, 0.15) is 34.5 Å². The molecule has 7 aromatic carbocycles. The third-order valence-corrected chi connectivity index (χ3v) is 12.1. The maximum Gasteiger partial charge on any atom is 0.343 e. The highest BCUT2D eigenvalue weighted by molar-refractivity contribution is 6.05. The summed E-state index contributed by atoms with van der Waals surface area (Å²) >= 11 is 0. The van der Waals surface area contributed by atoms with Crippen molar-refractivity contribution in [3.05, 3.63) is 191 Å². The van der Waals surface area contributed by atoms with Crippen molar-refractivity contribution < 1.29 is 47.6 Å². The summed E-state index contributed by atoms with van der Waals surface area (Å²) in [5.41, 5.74) is 4.39. The Hall–Kier alpha value is -7.98. The molecular weight excluding hydrogens is 881 g/mol. The number of benzene rings is 7. The van der Waals surface area contributed by atoms with Gasteiger partial charge in [-0.1, -0.05) is 101 Å². The first-order valence-electron chi connectivity index (χ1n) is 24.1. The fourth-order valence-corrected chi connectivity index (χ4v) is 8.24. The molecule has 0 unspecified atom stereocenters. The molecule has 0 bridgehead atoms. The fourth-order valence-electron chi connectivity index (χ4n) is 8.24. The van der Waals surface area contributed by atoms with Crippen LogP contribution in [0.2, 0.25) is 0 Å². The van der Waals surface area contributed by atoms with E-state index in [1.165, 1.54) is 12.8 Å². The Morgan fingerprint density at radius 2 is 0.829 bits per heavy atom. The summed E-state index contributed by atoms with van der Waals surface area (Å²) in [6, 6.07) is 41.1. The number of unbranched alkanes of at least 4 members (excludes halogenated alkanes) is 6. The molecule has 10 nitrogen and oxygen atoms in total.